The van der Waals surface area contributed by atoms with Crippen LogP contribution in [0, 0.1) is 11.8 Å². The molecule has 3 unspecified atom stereocenters. The van der Waals surface area contributed by atoms with E-state index in [4.69, 9.17) is 4.74 Å². The molecule has 0 radical (unpaired) electrons. The minimum absolute atomic E-state index is 0.409. The number of nitrogens with one attached hydrogen (secondary N) is 1. The van der Waals surface area contributed by atoms with Crippen molar-refractivity contribution in [3.05, 3.63) is 35.9 Å². The summed E-state index contributed by atoms with van der Waals surface area (Å²) in [5.74, 6) is 1.30. The molecule has 1 saturated heterocycles. The van der Waals surface area contributed by atoms with Crippen LogP contribution in [0.2, 0.25) is 0 Å². The van der Waals surface area contributed by atoms with Crippen molar-refractivity contribution in [3.63, 3.8) is 0 Å². The van der Waals surface area contributed by atoms with Crippen molar-refractivity contribution >= 4 is 0 Å². The average Bonchev–Trinajstić information content (AvgIpc) is 2.47. The van der Waals surface area contributed by atoms with Crippen molar-refractivity contribution in [2.75, 3.05) is 6.61 Å². The van der Waals surface area contributed by atoms with E-state index in [0.29, 0.717) is 30.0 Å². The zero-order valence-electron chi connectivity index (χ0n) is 14.0. The molecule has 2 heteroatoms. The van der Waals surface area contributed by atoms with E-state index in [-0.39, 0.29) is 0 Å². The topological polar surface area (TPSA) is 21.3 Å². The molecule has 0 amide bonds. The highest BCUT2D eigenvalue weighted by Crippen LogP contribution is 2.26. The van der Waals surface area contributed by atoms with Gasteiger partial charge in [0.05, 0.1) is 6.10 Å². The zero-order valence-corrected chi connectivity index (χ0v) is 14.0. The number of hydrogen-bond donors (Lipinski definition) is 1. The van der Waals surface area contributed by atoms with Gasteiger partial charge in [-0.1, -0.05) is 58.0 Å². The summed E-state index contributed by atoms with van der Waals surface area (Å²) in [6.07, 6.45) is 3.86. The minimum atomic E-state index is 0.409. The summed E-state index contributed by atoms with van der Waals surface area (Å²) in [4.78, 5) is 0. The van der Waals surface area contributed by atoms with Gasteiger partial charge in [-0.25, -0.2) is 0 Å². The summed E-state index contributed by atoms with van der Waals surface area (Å²) in [5.41, 5.74) is 1.42. The Hall–Kier alpha value is -0.860. The maximum Gasteiger partial charge on any atom is 0.0612 e. The highest BCUT2D eigenvalue weighted by atomic mass is 16.5. The maximum atomic E-state index is 5.90. The Balaban J connectivity index is 2.01. The van der Waals surface area contributed by atoms with Gasteiger partial charge >= 0.3 is 0 Å². The number of hydrogen-bond acceptors (Lipinski definition) is 2. The molecular formula is C19H31NO. The zero-order chi connectivity index (χ0) is 15.2. The third-order valence-corrected chi connectivity index (χ3v) is 4.40. The maximum absolute atomic E-state index is 5.90. The molecule has 118 valence electrons. The molecule has 2 nitrogen and oxygen atoms in total. The molecule has 21 heavy (non-hydrogen) atoms. The minimum Gasteiger partial charge on any atom is -0.378 e. The molecular weight excluding hydrogens is 258 g/mol. The van der Waals surface area contributed by atoms with Crippen LogP contribution >= 0.6 is 0 Å². The van der Waals surface area contributed by atoms with Crippen molar-refractivity contribution < 1.29 is 4.74 Å². The van der Waals surface area contributed by atoms with E-state index < -0.39 is 0 Å². The van der Waals surface area contributed by atoms with E-state index in [2.05, 4.69) is 63.3 Å². The summed E-state index contributed by atoms with van der Waals surface area (Å²) in [6, 6.07) is 11.9. The van der Waals surface area contributed by atoms with Crippen LogP contribution in [-0.4, -0.2) is 18.8 Å². The summed E-state index contributed by atoms with van der Waals surface area (Å²) in [5, 5.41) is 3.91. The first-order valence-corrected chi connectivity index (χ1v) is 8.49. The van der Waals surface area contributed by atoms with Crippen LogP contribution in [0.4, 0.5) is 0 Å². The number of rotatable bonds is 6. The lowest BCUT2D eigenvalue weighted by Crippen LogP contribution is -2.42. The predicted octanol–water partition coefficient (Wildman–Crippen LogP) is 4.57. The van der Waals surface area contributed by atoms with Gasteiger partial charge in [0.25, 0.3) is 0 Å². The SMILES string of the molecule is CC(C)CC(NC1CCOC(C(C)C)C1)c1ccccc1. The molecule has 0 spiro atoms. The highest BCUT2D eigenvalue weighted by molar-refractivity contribution is 5.19. The van der Waals surface area contributed by atoms with Crippen molar-refractivity contribution in [1.82, 2.24) is 5.32 Å². The smallest absolute Gasteiger partial charge is 0.0612 e. The summed E-state index contributed by atoms with van der Waals surface area (Å²) in [6.45, 7) is 10.0. The average molecular weight is 289 g/mol. The lowest BCUT2D eigenvalue weighted by molar-refractivity contribution is -0.0263. The largest absolute Gasteiger partial charge is 0.378 e. The standard InChI is InChI=1S/C19H31NO/c1-14(2)12-18(16-8-6-5-7-9-16)20-17-10-11-21-19(13-17)15(3)4/h5-9,14-15,17-20H,10-13H2,1-4H3. The summed E-state index contributed by atoms with van der Waals surface area (Å²) >= 11 is 0. The predicted molar refractivity (Wildman–Crippen MR) is 89.4 cm³/mol. The lowest BCUT2D eigenvalue weighted by Gasteiger charge is -2.35. The van der Waals surface area contributed by atoms with Crippen LogP contribution in [0.25, 0.3) is 0 Å². The first kappa shape index (κ1) is 16.5. The molecule has 1 N–H and O–H groups in total. The molecule has 2 rings (SSSR count). The molecule has 1 fully saturated rings. The van der Waals surface area contributed by atoms with Crippen molar-refractivity contribution in [2.45, 2.75) is 65.1 Å². The first-order valence-electron chi connectivity index (χ1n) is 8.49. The molecule has 0 saturated carbocycles. The molecule has 1 aliphatic rings. The Morgan fingerprint density at radius 1 is 1.14 bits per heavy atom. The molecule has 1 aliphatic heterocycles. The second-order valence-electron chi connectivity index (χ2n) is 7.13. The molecule has 1 heterocycles. The molecule has 3 atom stereocenters. The van der Waals surface area contributed by atoms with Gasteiger partial charge in [0.15, 0.2) is 0 Å². The van der Waals surface area contributed by atoms with Crippen LogP contribution in [0.1, 0.15) is 58.6 Å². The molecule has 0 bridgehead atoms. The van der Waals surface area contributed by atoms with Gasteiger partial charge in [-0.3, -0.25) is 0 Å². The van der Waals surface area contributed by atoms with Gasteiger partial charge in [-0.15, -0.1) is 0 Å². The van der Waals surface area contributed by atoms with Gasteiger partial charge < -0.3 is 10.1 Å². The van der Waals surface area contributed by atoms with Crippen LogP contribution in [0.15, 0.2) is 30.3 Å². The normalized spacial score (nSPS) is 24.5. The Bertz CT molecular complexity index is 401. The Labute approximate surface area is 130 Å². The fourth-order valence-corrected chi connectivity index (χ4v) is 3.19. The van der Waals surface area contributed by atoms with Crippen LogP contribution < -0.4 is 5.32 Å². The van der Waals surface area contributed by atoms with Crippen LogP contribution in [-0.2, 0) is 4.74 Å². The van der Waals surface area contributed by atoms with E-state index >= 15 is 0 Å². The van der Waals surface area contributed by atoms with E-state index in [1.54, 1.807) is 0 Å². The lowest BCUT2D eigenvalue weighted by atomic mass is 9.92. The third kappa shape index (κ3) is 5.12. The molecule has 1 aromatic rings. The summed E-state index contributed by atoms with van der Waals surface area (Å²) < 4.78 is 5.90. The first-order chi connectivity index (χ1) is 10.1. The second kappa shape index (κ2) is 7.95. The Morgan fingerprint density at radius 3 is 2.48 bits per heavy atom. The van der Waals surface area contributed by atoms with E-state index in [1.165, 1.54) is 12.0 Å². The monoisotopic (exact) mass is 289 g/mol. The van der Waals surface area contributed by atoms with Gasteiger partial charge in [-0.05, 0) is 36.7 Å². The number of benzene rings is 1. The summed E-state index contributed by atoms with van der Waals surface area (Å²) in [7, 11) is 0. The van der Waals surface area contributed by atoms with Crippen LogP contribution in [0.3, 0.4) is 0 Å². The second-order valence-corrected chi connectivity index (χ2v) is 7.13. The van der Waals surface area contributed by atoms with Crippen LogP contribution in [0.5, 0.6) is 0 Å². The quantitative estimate of drug-likeness (QED) is 0.828. The van der Waals surface area contributed by atoms with Crippen molar-refractivity contribution in [2.24, 2.45) is 11.8 Å². The Kier molecular flexibility index (Phi) is 6.25. The third-order valence-electron chi connectivity index (χ3n) is 4.40. The fourth-order valence-electron chi connectivity index (χ4n) is 3.19. The molecule has 1 aromatic carbocycles. The Morgan fingerprint density at radius 2 is 1.86 bits per heavy atom. The highest BCUT2D eigenvalue weighted by Gasteiger charge is 2.27. The van der Waals surface area contributed by atoms with Gasteiger partial charge in [0, 0.05) is 18.7 Å². The van der Waals surface area contributed by atoms with E-state index in [9.17, 15) is 0 Å². The molecule has 0 aliphatic carbocycles. The van der Waals surface area contributed by atoms with Gasteiger partial charge in [0.1, 0.15) is 0 Å². The fraction of sp³-hybridized carbons (Fsp3) is 0.684. The van der Waals surface area contributed by atoms with E-state index in [1.807, 2.05) is 0 Å². The molecule has 0 aromatic heterocycles. The van der Waals surface area contributed by atoms with Gasteiger partial charge in [-0.2, -0.15) is 0 Å². The van der Waals surface area contributed by atoms with Gasteiger partial charge in [0.2, 0.25) is 0 Å². The van der Waals surface area contributed by atoms with E-state index in [0.717, 1.165) is 19.4 Å². The van der Waals surface area contributed by atoms with Crippen molar-refractivity contribution in [1.29, 1.82) is 0 Å². The number of ether oxygens (including phenoxy) is 1. The van der Waals surface area contributed by atoms with Crippen molar-refractivity contribution in [3.8, 4) is 0 Å².